The first-order valence-corrected chi connectivity index (χ1v) is 12.4. The summed E-state index contributed by atoms with van der Waals surface area (Å²) < 4.78 is 24.2. The molecule has 170 valence electrons. The number of carbonyl (C=O) groups excluding carboxylic acids is 4. The lowest BCUT2D eigenvalue weighted by Gasteiger charge is -2.28. The van der Waals surface area contributed by atoms with Crippen LogP contribution >= 0.6 is 0 Å². The average Bonchev–Trinajstić information content (AvgIpc) is 3.26. The van der Waals surface area contributed by atoms with Gasteiger partial charge < -0.3 is 5.73 Å². The second-order valence-corrected chi connectivity index (χ2v) is 11.4. The van der Waals surface area contributed by atoms with Crippen molar-refractivity contribution in [2.45, 2.75) is 25.4 Å². The Hall–Kier alpha value is -2.63. The minimum Gasteiger partial charge on any atom is -0.330 e. The summed E-state index contributed by atoms with van der Waals surface area (Å²) in [5, 5.41) is 2.19. The van der Waals surface area contributed by atoms with Crippen LogP contribution in [0.25, 0.3) is 0 Å². The second-order valence-electron chi connectivity index (χ2n) is 9.27. The van der Waals surface area contributed by atoms with Crippen molar-refractivity contribution in [2.75, 3.05) is 31.1 Å². The van der Waals surface area contributed by atoms with Gasteiger partial charge in [-0.25, -0.2) is 8.42 Å². The van der Waals surface area contributed by atoms with Crippen molar-refractivity contribution in [3.8, 4) is 0 Å². The number of sulfone groups is 1. The summed E-state index contributed by atoms with van der Waals surface area (Å²) >= 11 is 0. The molecule has 4 aliphatic heterocycles. The Bertz CT molecular complexity index is 1160. The van der Waals surface area contributed by atoms with Crippen LogP contribution in [0.15, 0.2) is 18.2 Å². The van der Waals surface area contributed by atoms with Crippen molar-refractivity contribution >= 4 is 33.5 Å². The number of imide groups is 2. The molecule has 0 aliphatic carbocycles. The van der Waals surface area contributed by atoms with Crippen molar-refractivity contribution in [1.82, 2.24) is 15.1 Å². The Kier molecular flexibility index (Phi) is 4.77. The molecule has 4 heterocycles. The van der Waals surface area contributed by atoms with Crippen molar-refractivity contribution in [3.05, 3.63) is 34.9 Å². The zero-order valence-electron chi connectivity index (χ0n) is 17.4. The number of piperidine rings is 1. The smallest absolute Gasteiger partial charge is 0.262 e. The molecule has 0 saturated carbocycles. The number of fused-ring (bicyclic) bond motifs is 2. The minimum absolute atomic E-state index is 0.0495. The fourth-order valence-electron chi connectivity index (χ4n) is 5.71. The Balaban J connectivity index is 1.40. The van der Waals surface area contributed by atoms with Crippen molar-refractivity contribution in [2.24, 2.45) is 17.1 Å². The monoisotopic (exact) mass is 460 g/mol. The van der Waals surface area contributed by atoms with E-state index in [1.54, 1.807) is 18.2 Å². The van der Waals surface area contributed by atoms with Crippen molar-refractivity contribution in [3.63, 3.8) is 0 Å². The molecule has 1 aromatic rings. The molecule has 0 radical (unpaired) electrons. The molecule has 1 aromatic carbocycles. The quantitative estimate of drug-likeness (QED) is 0.538. The normalized spacial score (nSPS) is 31.7. The number of nitrogens with one attached hydrogen (secondary N) is 1. The first kappa shape index (κ1) is 21.2. The molecule has 4 amide bonds. The predicted octanol–water partition coefficient (Wildman–Crippen LogP) is -1.11. The van der Waals surface area contributed by atoms with Gasteiger partial charge >= 0.3 is 0 Å². The molecule has 0 aromatic heterocycles. The van der Waals surface area contributed by atoms with Crippen LogP contribution in [0.2, 0.25) is 0 Å². The van der Waals surface area contributed by atoms with Gasteiger partial charge in [0.05, 0.1) is 22.6 Å². The highest BCUT2D eigenvalue weighted by Crippen LogP contribution is 2.44. The van der Waals surface area contributed by atoms with Crippen LogP contribution in [0.4, 0.5) is 0 Å². The number of amides is 4. The highest BCUT2D eigenvalue weighted by molar-refractivity contribution is 7.91. The van der Waals surface area contributed by atoms with Crippen LogP contribution in [0, 0.1) is 11.3 Å². The summed E-state index contributed by atoms with van der Waals surface area (Å²) in [7, 11) is -3.10. The van der Waals surface area contributed by atoms with Gasteiger partial charge in [0.1, 0.15) is 6.04 Å². The lowest BCUT2D eigenvalue weighted by Crippen LogP contribution is -2.54. The Labute approximate surface area is 185 Å². The van der Waals surface area contributed by atoms with E-state index in [0.717, 1.165) is 4.90 Å². The lowest BCUT2D eigenvalue weighted by atomic mass is 9.81. The molecule has 11 heteroatoms. The van der Waals surface area contributed by atoms with Crippen LogP contribution in [0.5, 0.6) is 0 Å². The number of nitrogens with two attached hydrogens (primary N) is 1. The molecule has 3 N–H and O–H groups in total. The number of rotatable bonds is 4. The van der Waals surface area contributed by atoms with Gasteiger partial charge in [-0.15, -0.1) is 0 Å². The Morgan fingerprint density at radius 2 is 1.94 bits per heavy atom. The average molecular weight is 461 g/mol. The third-order valence-corrected chi connectivity index (χ3v) is 9.13. The first-order chi connectivity index (χ1) is 15.1. The summed E-state index contributed by atoms with van der Waals surface area (Å²) in [6, 6.07) is 4.04. The van der Waals surface area contributed by atoms with Crippen LogP contribution in [0.1, 0.15) is 39.1 Å². The third kappa shape index (κ3) is 3.18. The predicted molar refractivity (Wildman–Crippen MR) is 112 cm³/mol. The highest BCUT2D eigenvalue weighted by atomic mass is 32.2. The minimum atomic E-state index is -3.10. The molecule has 0 bridgehead atoms. The maximum absolute atomic E-state index is 13.3. The second kappa shape index (κ2) is 7.19. The summed E-state index contributed by atoms with van der Waals surface area (Å²) in [5.41, 5.74) is 6.68. The maximum Gasteiger partial charge on any atom is 0.262 e. The van der Waals surface area contributed by atoms with E-state index in [2.05, 4.69) is 10.2 Å². The van der Waals surface area contributed by atoms with Crippen LogP contribution in [0.3, 0.4) is 0 Å². The number of likely N-dealkylation sites (tertiary alicyclic amines) is 1. The summed E-state index contributed by atoms with van der Waals surface area (Å²) in [6.07, 6.45) is 0.169. The summed E-state index contributed by atoms with van der Waals surface area (Å²) in [6.45, 7) is 1.72. The van der Waals surface area contributed by atoms with E-state index < -0.39 is 44.9 Å². The van der Waals surface area contributed by atoms with Crippen LogP contribution in [-0.4, -0.2) is 79.0 Å². The van der Waals surface area contributed by atoms with Gasteiger partial charge in [0, 0.05) is 38.0 Å². The van der Waals surface area contributed by atoms with E-state index in [0.29, 0.717) is 25.2 Å². The number of hydrogen-bond acceptors (Lipinski definition) is 8. The standard InChI is InChI=1S/C21H24N4O6S/c22-9-21-10-24(7-13(21)8-32(30,31)11-21)6-12-2-1-3-14-17(12)20(29)25(19(14)28)15-4-5-16(26)23-18(15)27/h1-3,13,15H,4-11,22H2,(H,23,26,27)/t13-,15?,21+/m0/s1. The number of hydrogen-bond donors (Lipinski definition) is 2. The van der Waals surface area contributed by atoms with E-state index in [9.17, 15) is 27.6 Å². The lowest BCUT2D eigenvalue weighted by molar-refractivity contribution is -0.136. The van der Waals surface area contributed by atoms with E-state index in [-0.39, 0.29) is 47.9 Å². The molecule has 0 spiro atoms. The van der Waals surface area contributed by atoms with Crippen LogP contribution < -0.4 is 11.1 Å². The molecule has 32 heavy (non-hydrogen) atoms. The zero-order valence-corrected chi connectivity index (χ0v) is 18.2. The molecule has 10 nitrogen and oxygen atoms in total. The Morgan fingerprint density at radius 1 is 1.16 bits per heavy atom. The van der Waals surface area contributed by atoms with E-state index in [4.69, 9.17) is 5.73 Å². The molecule has 3 atom stereocenters. The molecule has 5 rings (SSSR count). The van der Waals surface area contributed by atoms with Gasteiger partial charge in [0.2, 0.25) is 11.8 Å². The highest BCUT2D eigenvalue weighted by Gasteiger charge is 2.54. The van der Waals surface area contributed by atoms with E-state index in [1.807, 2.05) is 0 Å². The number of benzene rings is 1. The third-order valence-electron chi connectivity index (χ3n) is 7.20. The summed E-state index contributed by atoms with van der Waals surface area (Å²) in [5.74, 6) is -1.99. The molecular weight excluding hydrogens is 436 g/mol. The van der Waals surface area contributed by atoms with E-state index >= 15 is 0 Å². The summed E-state index contributed by atoms with van der Waals surface area (Å²) in [4.78, 5) is 53.0. The van der Waals surface area contributed by atoms with Gasteiger partial charge in [0.15, 0.2) is 9.84 Å². The number of carbonyl (C=O) groups is 4. The molecule has 4 aliphatic rings. The van der Waals surface area contributed by atoms with Gasteiger partial charge in [-0.2, -0.15) is 0 Å². The van der Waals surface area contributed by atoms with E-state index in [1.165, 1.54) is 0 Å². The molecule has 3 saturated heterocycles. The molecular formula is C21H24N4O6S. The van der Waals surface area contributed by atoms with Gasteiger partial charge in [-0.1, -0.05) is 12.1 Å². The fraction of sp³-hybridized carbons (Fsp3) is 0.524. The van der Waals surface area contributed by atoms with Crippen molar-refractivity contribution in [1.29, 1.82) is 0 Å². The molecule has 1 unspecified atom stereocenters. The number of nitrogens with zero attached hydrogens (tertiary/aromatic N) is 2. The topological polar surface area (TPSA) is 147 Å². The largest absolute Gasteiger partial charge is 0.330 e. The van der Waals surface area contributed by atoms with Crippen molar-refractivity contribution < 1.29 is 27.6 Å². The zero-order chi connectivity index (χ0) is 22.8. The first-order valence-electron chi connectivity index (χ1n) is 10.6. The maximum atomic E-state index is 13.3. The Morgan fingerprint density at radius 3 is 2.62 bits per heavy atom. The van der Waals surface area contributed by atoms with Gasteiger partial charge in [-0.3, -0.25) is 34.3 Å². The SMILES string of the molecule is NC[C@]12CN(Cc3cccc4c3C(=O)N(C3CCC(=O)NC3=O)C4=O)C[C@H]1CS(=O)(=O)C2. The van der Waals surface area contributed by atoms with Gasteiger partial charge in [0.25, 0.3) is 11.8 Å². The molecule has 3 fully saturated rings. The van der Waals surface area contributed by atoms with Crippen LogP contribution in [-0.2, 0) is 26.0 Å². The fourth-order valence-corrected chi connectivity index (χ4v) is 8.22. The van der Waals surface area contributed by atoms with Gasteiger partial charge in [-0.05, 0) is 24.0 Å².